The van der Waals surface area contributed by atoms with Gasteiger partial charge in [0.05, 0.1) is 0 Å². The molecule has 1 atom stereocenters. The van der Waals surface area contributed by atoms with Gasteiger partial charge in [0, 0.05) is 6.54 Å². The average Bonchev–Trinajstić information content (AvgIpc) is 2.16. The largest absolute Gasteiger partial charge is 0.355 e. The van der Waals surface area contributed by atoms with Crippen molar-refractivity contribution in [3.63, 3.8) is 0 Å². The van der Waals surface area contributed by atoms with Crippen molar-refractivity contribution in [3.8, 4) is 0 Å². The number of halogens is 1. The fourth-order valence-corrected chi connectivity index (χ4v) is 1.50. The molecule has 0 aromatic heterocycles. The Kier molecular flexibility index (Phi) is 4.40. The number of piperidine rings is 1. The van der Waals surface area contributed by atoms with E-state index < -0.39 is 0 Å². The van der Waals surface area contributed by atoms with Crippen molar-refractivity contribution in [2.24, 2.45) is 5.92 Å². The second kappa shape index (κ2) is 5.38. The van der Waals surface area contributed by atoms with Crippen LogP contribution in [-0.2, 0) is 4.79 Å². The number of hydrogen-bond acceptors (Lipinski definition) is 2. The second-order valence-corrected chi connectivity index (χ2v) is 3.42. The Bertz CT molecular complexity index is 146. The zero-order chi connectivity index (χ0) is 8.81. The molecule has 1 saturated heterocycles. The molecule has 4 heteroatoms. The standard InChI is InChI=1S/C8H15ClN2O/c9-4-8(12)11-6-7-2-1-3-10-5-7/h7,10H,1-6H2,(H,11,12). The van der Waals surface area contributed by atoms with E-state index in [1.807, 2.05) is 0 Å². The maximum absolute atomic E-state index is 10.8. The van der Waals surface area contributed by atoms with Gasteiger partial charge in [-0.1, -0.05) is 0 Å². The maximum Gasteiger partial charge on any atom is 0.234 e. The summed E-state index contributed by atoms with van der Waals surface area (Å²) in [7, 11) is 0. The third-order valence-corrected chi connectivity index (χ3v) is 2.35. The molecule has 2 N–H and O–H groups in total. The Morgan fingerprint density at radius 3 is 3.08 bits per heavy atom. The molecule has 1 fully saturated rings. The van der Waals surface area contributed by atoms with Crippen molar-refractivity contribution < 1.29 is 4.79 Å². The molecule has 0 spiro atoms. The van der Waals surface area contributed by atoms with Crippen molar-refractivity contribution in [3.05, 3.63) is 0 Å². The molecule has 0 radical (unpaired) electrons. The summed E-state index contributed by atoms with van der Waals surface area (Å²) >= 11 is 5.34. The van der Waals surface area contributed by atoms with Crippen molar-refractivity contribution in [2.75, 3.05) is 25.5 Å². The lowest BCUT2D eigenvalue weighted by atomic mass is 10.00. The van der Waals surface area contributed by atoms with Crippen molar-refractivity contribution in [2.45, 2.75) is 12.8 Å². The van der Waals surface area contributed by atoms with Gasteiger partial charge in [-0.2, -0.15) is 0 Å². The Labute approximate surface area is 77.9 Å². The first kappa shape index (κ1) is 9.81. The molecule has 1 aliphatic rings. The van der Waals surface area contributed by atoms with E-state index in [1.54, 1.807) is 0 Å². The molecule has 1 rings (SSSR count). The highest BCUT2D eigenvalue weighted by atomic mass is 35.5. The van der Waals surface area contributed by atoms with Crippen LogP contribution in [0.15, 0.2) is 0 Å². The molecule has 70 valence electrons. The Morgan fingerprint density at radius 1 is 1.67 bits per heavy atom. The molecule has 12 heavy (non-hydrogen) atoms. The molecular formula is C8H15ClN2O. The number of rotatable bonds is 3. The molecular weight excluding hydrogens is 176 g/mol. The normalized spacial score (nSPS) is 23.6. The van der Waals surface area contributed by atoms with E-state index in [0.29, 0.717) is 5.92 Å². The van der Waals surface area contributed by atoms with E-state index in [2.05, 4.69) is 10.6 Å². The van der Waals surface area contributed by atoms with Crippen molar-refractivity contribution >= 4 is 17.5 Å². The van der Waals surface area contributed by atoms with Crippen LogP contribution in [-0.4, -0.2) is 31.4 Å². The molecule has 1 aliphatic heterocycles. The van der Waals surface area contributed by atoms with Gasteiger partial charge in [0.15, 0.2) is 0 Å². The third-order valence-electron chi connectivity index (χ3n) is 2.11. The van der Waals surface area contributed by atoms with Crippen LogP contribution in [0.1, 0.15) is 12.8 Å². The Balaban J connectivity index is 2.09. The minimum Gasteiger partial charge on any atom is -0.355 e. The maximum atomic E-state index is 10.8. The molecule has 1 unspecified atom stereocenters. The van der Waals surface area contributed by atoms with E-state index in [1.165, 1.54) is 12.8 Å². The zero-order valence-electron chi connectivity index (χ0n) is 7.11. The Morgan fingerprint density at radius 2 is 2.50 bits per heavy atom. The van der Waals surface area contributed by atoms with Crippen LogP contribution in [0.4, 0.5) is 0 Å². The number of amides is 1. The third kappa shape index (κ3) is 3.41. The van der Waals surface area contributed by atoms with Gasteiger partial charge in [0.1, 0.15) is 5.88 Å². The predicted octanol–water partition coefficient (Wildman–Crippen LogP) is 0.341. The van der Waals surface area contributed by atoms with Gasteiger partial charge in [0.25, 0.3) is 0 Å². The SMILES string of the molecule is O=C(CCl)NCC1CCCNC1. The highest BCUT2D eigenvalue weighted by molar-refractivity contribution is 6.27. The van der Waals surface area contributed by atoms with Crippen molar-refractivity contribution in [1.29, 1.82) is 0 Å². The number of carbonyl (C=O) groups is 1. The first-order chi connectivity index (χ1) is 5.83. The summed E-state index contributed by atoms with van der Waals surface area (Å²) in [6.45, 7) is 2.89. The lowest BCUT2D eigenvalue weighted by molar-refractivity contribution is -0.118. The molecule has 0 aromatic rings. The fourth-order valence-electron chi connectivity index (χ4n) is 1.40. The van der Waals surface area contributed by atoms with E-state index in [9.17, 15) is 4.79 Å². The van der Waals surface area contributed by atoms with Gasteiger partial charge in [-0.3, -0.25) is 4.79 Å². The van der Waals surface area contributed by atoms with E-state index in [0.717, 1.165) is 19.6 Å². The molecule has 0 bridgehead atoms. The molecule has 0 saturated carbocycles. The molecule has 1 heterocycles. The molecule has 0 aromatic carbocycles. The number of carbonyl (C=O) groups excluding carboxylic acids is 1. The van der Waals surface area contributed by atoms with Crippen molar-refractivity contribution in [1.82, 2.24) is 10.6 Å². The van der Waals surface area contributed by atoms with Gasteiger partial charge in [0.2, 0.25) is 5.91 Å². The van der Waals surface area contributed by atoms with Crippen LogP contribution in [0, 0.1) is 5.92 Å². The molecule has 0 aliphatic carbocycles. The van der Waals surface area contributed by atoms with E-state index in [-0.39, 0.29) is 11.8 Å². The van der Waals surface area contributed by atoms with Gasteiger partial charge >= 0.3 is 0 Å². The number of alkyl halides is 1. The van der Waals surface area contributed by atoms with Crippen LogP contribution < -0.4 is 10.6 Å². The van der Waals surface area contributed by atoms with E-state index >= 15 is 0 Å². The van der Waals surface area contributed by atoms with Gasteiger partial charge in [-0.15, -0.1) is 11.6 Å². The first-order valence-corrected chi connectivity index (χ1v) is 4.89. The average molecular weight is 191 g/mol. The summed E-state index contributed by atoms with van der Waals surface area (Å²) < 4.78 is 0. The quantitative estimate of drug-likeness (QED) is 0.631. The molecule has 3 nitrogen and oxygen atoms in total. The van der Waals surface area contributed by atoms with Crippen LogP contribution in [0.3, 0.4) is 0 Å². The lowest BCUT2D eigenvalue weighted by Crippen LogP contribution is -2.38. The minimum atomic E-state index is -0.0674. The summed E-state index contributed by atoms with van der Waals surface area (Å²) in [5.41, 5.74) is 0. The van der Waals surface area contributed by atoms with Crippen LogP contribution in [0.25, 0.3) is 0 Å². The van der Waals surface area contributed by atoms with Gasteiger partial charge in [-0.05, 0) is 31.8 Å². The lowest BCUT2D eigenvalue weighted by Gasteiger charge is -2.22. The highest BCUT2D eigenvalue weighted by Gasteiger charge is 2.12. The van der Waals surface area contributed by atoms with Crippen LogP contribution in [0.5, 0.6) is 0 Å². The van der Waals surface area contributed by atoms with Gasteiger partial charge in [-0.25, -0.2) is 0 Å². The molecule has 1 amide bonds. The number of hydrogen-bond donors (Lipinski definition) is 2. The number of nitrogens with one attached hydrogen (secondary N) is 2. The highest BCUT2D eigenvalue weighted by Crippen LogP contribution is 2.07. The van der Waals surface area contributed by atoms with Crippen LogP contribution in [0.2, 0.25) is 0 Å². The Hall–Kier alpha value is -0.280. The van der Waals surface area contributed by atoms with Gasteiger partial charge < -0.3 is 10.6 Å². The van der Waals surface area contributed by atoms with E-state index in [4.69, 9.17) is 11.6 Å². The predicted molar refractivity (Wildman–Crippen MR) is 49.3 cm³/mol. The summed E-state index contributed by atoms with van der Waals surface area (Å²) in [5, 5.41) is 6.08. The monoisotopic (exact) mass is 190 g/mol. The summed E-state index contributed by atoms with van der Waals surface area (Å²) in [5.74, 6) is 0.591. The summed E-state index contributed by atoms with van der Waals surface area (Å²) in [4.78, 5) is 10.8. The first-order valence-electron chi connectivity index (χ1n) is 4.36. The summed E-state index contributed by atoms with van der Waals surface area (Å²) in [6.07, 6.45) is 2.41. The second-order valence-electron chi connectivity index (χ2n) is 3.15. The zero-order valence-corrected chi connectivity index (χ0v) is 7.86. The summed E-state index contributed by atoms with van der Waals surface area (Å²) in [6, 6.07) is 0. The topological polar surface area (TPSA) is 41.1 Å². The minimum absolute atomic E-state index is 0.0674. The van der Waals surface area contributed by atoms with Crippen LogP contribution >= 0.6 is 11.6 Å². The fraction of sp³-hybridized carbons (Fsp3) is 0.875. The smallest absolute Gasteiger partial charge is 0.234 e.